The van der Waals surface area contributed by atoms with Gasteiger partial charge in [-0.05, 0) is 24.6 Å². The van der Waals surface area contributed by atoms with Gasteiger partial charge in [-0.25, -0.2) is 0 Å². The summed E-state index contributed by atoms with van der Waals surface area (Å²) >= 11 is 3.38. The van der Waals surface area contributed by atoms with Crippen molar-refractivity contribution in [3.05, 3.63) is 46.0 Å². The van der Waals surface area contributed by atoms with Crippen molar-refractivity contribution in [3.8, 4) is 0 Å². The Morgan fingerprint density at radius 1 is 1.00 bits per heavy atom. The molecule has 2 rings (SSSR count). The Balaban J connectivity index is 2.15. The zero-order valence-electron chi connectivity index (χ0n) is 8.18. The van der Waals surface area contributed by atoms with Crippen molar-refractivity contribution in [2.24, 2.45) is 0 Å². The minimum absolute atomic E-state index is 0.592. The van der Waals surface area contributed by atoms with Crippen LogP contribution in [0.1, 0.15) is 17.2 Å². The van der Waals surface area contributed by atoms with Gasteiger partial charge in [0.05, 0.1) is 0 Å². The number of hydrogen-bond donors (Lipinski definition) is 0. The molecule has 0 unspecified atom stereocenters. The summed E-state index contributed by atoms with van der Waals surface area (Å²) in [6.45, 7) is 1.77. The average molecular weight is 265 g/mol. The molecule has 0 spiro atoms. The van der Waals surface area contributed by atoms with E-state index in [0.29, 0.717) is 18.1 Å². The van der Waals surface area contributed by atoms with Crippen molar-refractivity contribution in [2.45, 2.75) is 13.3 Å². The third kappa shape index (κ3) is 2.79. The van der Waals surface area contributed by atoms with Gasteiger partial charge in [0.1, 0.15) is 0 Å². The molecule has 76 valence electrons. The van der Waals surface area contributed by atoms with Crippen LogP contribution < -0.4 is 0 Å². The van der Waals surface area contributed by atoms with Gasteiger partial charge in [-0.1, -0.05) is 28.1 Å². The number of benzene rings is 1. The molecule has 0 amide bonds. The second kappa shape index (κ2) is 4.44. The summed E-state index contributed by atoms with van der Waals surface area (Å²) in [5.41, 5.74) is 1.14. The minimum Gasteiger partial charge on any atom is -0.132 e. The van der Waals surface area contributed by atoms with Crippen molar-refractivity contribution >= 4 is 15.9 Å². The Bertz CT molecular complexity index is 394. The second-order valence-corrected chi connectivity index (χ2v) is 4.08. The second-order valence-electron chi connectivity index (χ2n) is 3.17. The maximum absolute atomic E-state index is 3.96. The molecule has 0 aliphatic rings. The largest absolute Gasteiger partial charge is 0.177 e. The first-order chi connectivity index (χ1) is 7.24. The molecular formula is C10H9BrN4. The molecule has 1 aromatic carbocycles. The number of halogens is 1. The highest BCUT2D eigenvalue weighted by Crippen LogP contribution is 2.11. The maximum Gasteiger partial charge on any atom is 0.177 e. The van der Waals surface area contributed by atoms with Crippen LogP contribution in [0.4, 0.5) is 0 Å². The van der Waals surface area contributed by atoms with Gasteiger partial charge in [0.25, 0.3) is 0 Å². The molecular weight excluding hydrogens is 256 g/mol. The van der Waals surface area contributed by atoms with E-state index >= 15 is 0 Å². The molecule has 2 aromatic rings. The Kier molecular flexibility index (Phi) is 3.01. The summed E-state index contributed by atoms with van der Waals surface area (Å²) in [6.07, 6.45) is 0.660. The lowest BCUT2D eigenvalue weighted by Crippen LogP contribution is -2.03. The van der Waals surface area contributed by atoms with Crippen LogP contribution in [0.3, 0.4) is 0 Å². The Labute approximate surface area is 95.9 Å². The van der Waals surface area contributed by atoms with Crippen LogP contribution in [0, 0.1) is 6.92 Å². The zero-order valence-corrected chi connectivity index (χ0v) is 9.77. The summed E-state index contributed by atoms with van der Waals surface area (Å²) in [5, 5.41) is 15.6. The highest BCUT2D eigenvalue weighted by atomic mass is 79.9. The van der Waals surface area contributed by atoms with E-state index in [9.17, 15) is 0 Å². The first kappa shape index (κ1) is 10.2. The molecule has 0 bridgehead atoms. The van der Waals surface area contributed by atoms with Crippen LogP contribution in [-0.4, -0.2) is 20.4 Å². The van der Waals surface area contributed by atoms with Gasteiger partial charge in [-0.3, -0.25) is 0 Å². The fraction of sp³-hybridized carbons (Fsp3) is 0.200. The molecule has 1 aromatic heterocycles. The monoisotopic (exact) mass is 264 g/mol. The van der Waals surface area contributed by atoms with Crippen molar-refractivity contribution in [2.75, 3.05) is 0 Å². The van der Waals surface area contributed by atoms with Gasteiger partial charge < -0.3 is 0 Å². The fourth-order valence-electron chi connectivity index (χ4n) is 1.16. The van der Waals surface area contributed by atoms with Crippen LogP contribution in [0.15, 0.2) is 28.7 Å². The molecule has 0 saturated carbocycles. The number of nitrogens with zero attached hydrogens (tertiary/aromatic N) is 4. The summed E-state index contributed by atoms with van der Waals surface area (Å²) < 4.78 is 1.06. The lowest BCUT2D eigenvalue weighted by Gasteiger charge is -1.99. The number of aromatic nitrogens is 4. The van der Waals surface area contributed by atoms with Gasteiger partial charge in [0.2, 0.25) is 0 Å². The van der Waals surface area contributed by atoms with Gasteiger partial charge in [-0.2, -0.15) is 0 Å². The summed E-state index contributed by atoms with van der Waals surface area (Å²) in [4.78, 5) is 0. The van der Waals surface area contributed by atoms with E-state index < -0.39 is 0 Å². The van der Waals surface area contributed by atoms with E-state index in [0.717, 1.165) is 10.0 Å². The van der Waals surface area contributed by atoms with E-state index in [4.69, 9.17) is 0 Å². The maximum atomic E-state index is 3.96. The van der Waals surface area contributed by atoms with Gasteiger partial charge >= 0.3 is 0 Å². The highest BCUT2D eigenvalue weighted by Gasteiger charge is 2.00. The van der Waals surface area contributed by atoms with Crippen LogP contribution in [0.2, 0.25) is 0 Å². The standard InChI is InChI=1S/C10H9BrN4/c1-7-12-14-10(15-13-7)6-8-2-4-9(11)5-3-8/h2-5H,6H2,1H3. The van der Waals surface area contributed by atoms with Crippen molar-refractivity contribution in [1.82, 2.24) is 20.4 Å². The molecule has 0 N–H and O–H groups in total. The van der Waals surface area contributed by atoms with E-state index in [1.165, 1.54) is 0 Å². The summed E-state index contributed by atoms with van der Waals surface area (Å²) in [6, 6.07) is 8.02. The minimum atomic E-state index is 0.592. The lowest BCUT2D eigenvalue weighted by molar-refractivity contribution is 0.745. The molecule has 4 nitrogen and oxygen atoms in total. The van der Waals surface area contributed by atoms with E-state index in [1.807, 2.05) is 24.3 Å². The predicted molar refractivity (Wildman–Crippen MR) is 59.3 cm³/mol. The normalized spacial score (nSPS) is 10.3. The molecule has 0 aliphatic heterocycles. The van der Waals surface area contributed by atoms with Gasteiger partial charge in [0.15, 0.2) is 11.6 Å². The molecule has 0 aliphatic carbocycles. The molecule has 0 saturated heterocycles. The van der Waals surface area contributed by atoms with Crippen LogP contribution in [0.5, 0.6) is 0 Å². The number of hydrogen-bond acceptors (Lipinski definition) is 4. The smallest absolute Gasteiger partial charge is 0.132 e. The predicted octanol–water partition coefficient (Wildman–Crippen LogP) is 1.93. The van der Waals surface area contributed by atoms with Crippen molar-refractivity contribution < 1.29 is 0 Å². The number of aryl methyl sites for hydroxylation is 1. The molecule has 0 radical (unpaired) electrons. The van der Waals surface area contributed by atoms with Crippen LogP contribution in [0.25, 0.3) is 0 Å². The molecule has 0 fully saturated rings. The van der Waals surface area contributed by atoms with Crippen molar-refractivity contribution in [3.63, 3.8) is 0 Å². The van der Waals surface area contributed by atoms with E-state index in [2.05, 4.69) is 36.3 Å². The van der Waals surface area contributed by atoms with Crippen LogP contribution in [-0.2, 0) is 6.42 Å². The molecule has 1 heterocycles. The van der Waals surface area contributed by atoms with Gasteiger partial charge in [-0.15, -0.1) is 20.4 Å². The SMILES string of the molecule is Cc1nnc(Cc2ccc(Br)cc2)nn1. The summed E-state index contributed by atoms with van der Waals surface area (Å²) in [7, 11) is 0. The Hall–Kier alpha value is -1.36. The average Bonchev–Trinajstić information content (AvgIpc) is 2.25. The fourth-order valence-corrected chi connectivity index (χ4v) is 1.42. The molecule has 0 atom stereocenters. The van der Waals surface area contributed by atoms with E-state index in [-0.39, 0.29) is 0 Å². The zero-order chi connectivity index (χ0) is 10.7. The number of rotatable bonds is 2. The first-order valence-corrected chi connectivity index (χ1v) is 5.30. The Morgan fingerprint density at radius 2 is 1.60 bits per heavy atom. The Morgan fingerprint density at radius 3 is 2.20 bits per heavy atom. The van der Waals surface area contributed by atoms with Crippen molar-refractivity contribution in [1.29, 1.82) is 0 Å². The quantitative estimate of drug-likeness (QED) is 0.832. The molecule has 15 heavy (non-hydrogen) atoms. The summed E-state index contributed by atoms with van der Waals surface area (Å²) in [5.74, 6) is 1.23. The molecule has 5 heteroatoms. The van der Waals surface area contributed by atoms with Crippen LogP contribution >= 0.6 is 15.9 Å². The third-order valence-electron chi connectivity index (χ3n) is 1.90. The topological polar surface area (TPSA) is 51.6 Å². The lowest BCUT2D eigenvalue weighted by atomic mass is 10.1. The van der Waals surface area contributed by atoms with E-state index in [1.54, 1.807) is 6.92 Å². The third-order valence-corrected chi connectivity index (χ3v) is 2.42. The van der Waals surface area contributed by atoms with Gasteiger partial charge in [0, 0.05) is 10.9 Å². The first-order valence-electron chi connectivity index (χ1n) is 4.51. The highest BCUT2D eigenvalue weighted by molar-refractivity contribution is 9.10.